The molecule has 0 aromatic carbocycles. The number of nitrogens with one attached hydrogen (secondary N) is 1. The van der Waals surface area contributed by atoms with E-state index < -0.39 is 0 Å². The van der Waals surface area contributed by atoms with Crippen LogP contribution in [0.1, 0.15) is 0 Å². The summed E-state index contributed by atoms with van der Waals surface area (Å²) < 4.78 is 0. The van der Waals surface area contributed by atoms with E-state index in [1.54, 1.807) is 0 Å². The van der Waals surface area contributed by atoms with Crippen LogP contribution in [0.15, 0.2) is 12.3 Å². The lowest BCUT2D eigenvalue weighted by Crippen LogP contribution is -2.46. The monoisotopic (exact) mass is 262 g/mol. The van der Waals surface area contributed by atoms with Crippen molar-refractivity contribution in [1.82, 2.24) is 20.2 Å². The summed E-state index contributed by atoms with van der Waals surface area (Å²) in [4.78, 5) is 16.1. The first-order chi connectivity index (χ1) is 9.33. The second-order valence-electron chi connectivity index (χ2n) is 5.24. The van der Waals surface area contributed by atoms with Gasteiger partial charge < -0.3 is 20.0 Å². The molecule has 2 saturated heterocycles. The molecular weight excluding hydrogens is 240 g/mol. The predicted octanol–water partition coefficient (Wildman–Crippen LogP) is -0.362. The Labute approximate surface area is 114 Å². The lowest BCUT2D eigenvalue weighted by molar-refractivity contribution is 0.312. The van der Waals surface area contributed by atoms with Crippen LogP contribution in [0, 0.1) is 0 Å². The Hall–Kier alpha value is -1.40. The average Bonchev–Trinajstić information content (AvgIpc) is 2.49. The number of aromatic nitrogens is 2. The Morgan fingerprint density at radius 2 is 1.74 bits per heavy atom. The van der Waals surface area contributed by atoms with Crippen molar-refractivity contribution >= 4 is 11.8 Å². The molecule has 0 amide bonds. The van der Waals surface area contributed by atoms with E-state index >= 15 is 0 Å². The van der Waals surface area contributed by atoms with Gasteiger partial charge in [0.1, 0.15) is 5.82 Å². The van der Waals surface area contributed by atoms with Crippen LogP contribution in [0.3, 0.4) is 0 Å². The van der Waals surface area contributed by atoms with Crippen molar-refractivity contribution in [1.29, 1.82) is 0 Å². The molecule has 3 heterocycles. The highest BCUT2D eigenvalue weighted by Gasteiger charge is 2.18. The van der Waals surface area contributed by atoms with Gasteiger partial charge in [-0.3, -0.25) is 0 Å². The van der Waals surface area contributed by atoms with Crippen LogP contribution in [0.5, 0.6) is 0 Å². The average molecular weight is 262 g/mol. The van der Waals surface area contributed by atoms with Gasteiger partial charge in [-0.25, -0.2) is 4.98 Å². The number of hydrogen-bond donors (Lipinski definition) is 1. The topological polar surface area (TPSA) is 47.5 Å². The van der Waals surface area contributed by atoms with Crippen molar-refractivity contribution in [3.05, 3.63) is 12.3 Å². The zero-order chi connectivity index (χ0) is 13.1. The Bertz CT molecular complexity index is 409. The van der Waals surface area contributed by atoms with Crippen molar-refractivity contribution < 1.29 is 0 Å². The summed E-state index contributed by atoms with van der Waals surface area (Å²) in [5, 5.41) is 3.35. The van der Waals surface area contributed by atoms with Crippen LogP contribution in [-0.4, -0.2) is 74.3 Å². The fraction of sp³-hybridized carbons (Fsp3) is 0.692. The van der Waals surface area contributed by atoms with Crippen LogP contribution >= 0.6 is 0 Å². The first kappa shape index (κ1) is 12.6. The highest BCUT2D eigenvalue weighted by atomic mass is 15.3. The quantitative estimate of drug-likeness (QED) is 0.785. The van der Waals surface area contributed by atoms with E-state index in [0.29, 0.717) is 0 Å². The summed E-state index contributed by atoms with van der Waals surface area (Å²) in [6.45, 7) is 8.32. The minimum Gasteiger partial charge on any atom is -0.354 e. The van der Waals surface area contributed by atoms with Gasteiger partial charge in [0.15, 0.2) is 0 Å². The van der Waals surface area contributed by atoms with Gasteiger partial charge >= 0.3 is 0 Å². The number of rotatable bonds is 2. The van der Waals surface area contributed by atoms with E-state index in [1.165, 1.54) is 0 Å². The minimum atomic E-state index is 0.873. The molecule has 0 atom stereocenters. The van der Waals surface area contributed by atoms with E-state index in [1.807, 2.05) is 12.3 Å². The number of anilines is 2. The SMILES string of the molecule is CN1CCN(c2ccnc(N3CCNCC3)n2)CC1. The van der Waals surface area contributed by atoms with E-state index in [4.69, 9.17) is 4.98 Å². The second-order valence-corrected chi connectivity index (χ2v) is 5.24. The highest BCUT2D eigenvalue weighted by Crippen LogP contribution is 2.16. The van der Waals surface area contributed by atoms with E-state index in [-0.39, 0.29) is 0 Å². The summed E-state index contributed by atoms with van der Waals surface area (Å²) >= 11 is 0. The lowest BCUT2D eigenvalue weighted by atomic mass is 10.3. The third-order valence-corrected chi connectivity index (χ3v) is 3.86. The van der Waals surface area contributed by atoms with Gasteiger partial charge in [0, 0.05) is 58.6 Å². The largest absolute Gasteiger partial charge is 0.354 e. The third-order valence-electron chi connectivity index (χ3n) is 3.86. The molecule has 0 bridgehead atoms. The zero-order valence-corrected chi connectivity index (χ0v) is 11.5. The molecule has 6 nitrogen and oxygen atoms in total. The maximum absolute atomic E-state index is 4.74. The van der Waals surface area contributed by atoms with Gasteiger partial charge in [-0.1, -0.05) is 0 Å². The molecule has 6 heteroatoms. The summed E-state index contributed by atoms with van der Waals surface area (Å²) in [5.74, 6) is 1.94. The highest BCUT2D eigenvalue weighted by molar-refractivity contribution is 5.44. The van der Waals surface area contributed by atoms with E-state index in [2.05, 4.69) is 32.0 Å². The van der Waals surface area contributed by atoms with Gasteiger partial charge in [-0.15, -0.1) is 0 Å². The summed E-state index contributed by atoms with van der Waals surface area (Å²) in [6.07, 6.45) is 1.89. The maximum atomic E-state index is 4.74. The standard InChI is InChI=1S/C13H22N6/c1-17-8-10-18(11-9-17)12-2-3-15-13(16-12)19-6-4-14-5-7-19/h2-3,14H,4-11H2,1H3. The molecule has 2 aliphatic rings. The molecule has 2 fully saturated rings. The fourth-order valence-corrected chi connectivity index (χ4v) is 2.57. The fourth-order valence-electron chi connectivity index (χ4n) is 2.57. The molecule has 104 valence electrons. The molecule has 2 aliphatic heterocycles. The van der Waals surface area contributed by atoms with Gasteiger partial charge in [0.2, 0.25) is 5.95 Å². The molecule has 0 aliphatic carbocycles. The molecule has 0 spiro atoms. The molecular formula is C13H22N6. The Morgan fingerprint density at radius 3 is 2.47 bits per heavy atom. The van der Waals surface area contributed by atoms with E-state index in [0.717, 1.165) is 64.1 Å². The molecule has 0 radical (unpaired) electrons. The van der Waals surface area contributed by atoms with Crippen molar-refractivity contribution in [2.45, 2.75) is 0 Å². The van der Waals surface area contributed by atoms with Crippen LogP contribution in [0.25, 0.3) is 0 Å². The predicted molar refractivity (Wildman–Crippen MR) is 76.8 cm³/mol. The number of piperazine rings is 2. The van der Waals surface area contributed by atoms with Crippen LogP contribution in [0.4, 0.5) is 11.8 Å². The van der Waals surface area contributed by atoms with Crippen LogP contribution in [-0.2, 0) is 0 Å². The van der Waals surface area contributed by atoms with Crippen LogP contribution in [0.2, 0.25) is 0 Å². The summed E-state index contributed by atoms with van der Waals surface area (Å²) in [7, 11) is 2.17. The maximum Gasteiger partial charge on any atom is 0.227 e. The normalized spacial score (nSPS) is 21.7. The van der Waals surface area contributed by atoms with Gasteiger partial charge in [-0.05, 0) is 13.1 Å². The molecule has 0 unspecified atom stereocenters. The van der Waals surface area contributed by atoms with Crippen molar-refractivity contribution in [2.75, 3.05) is 69.2 Å². The van der Waals surface area contributed by atoms with Gasteiger partial charge in [0.25, 0.3) is 0 Å². The van der Waals surface area contributed by atoms with Gasteiger partial charge in [-0.2, -0.15) is 4.98 Å². The first-order valence-corrected chi connectivity index (χ1v) is 7.05. The van der Waals surface area contributed by atoms with Crippen molar-refractivity contribution in [3.63, 3.8) is 0 Å². The Morgan fingerprint density at radius 1 is 1.00 bits per heavy atom. The van der Waals surface area contributed by atoms with Crippen molar-refractivity contribution in [2.24, 2.45) is 0 Å². The van der Waals surface area contributed by atoms with Gasteiger partial charge in [0.05, 0.1) is 0 Å². The molecule has 1 aromatic rings. The molecule has 0 saturated carbocycles. The molecule has 3 rings (SSSR count). The summed E-state index contributed by atoms with van der Waals surface area (Å²) in [6, 6.07) is 2.02. The third kappa shape index (κ3) is 2.96. The number of nitrogens with zero attached hydrogens (tertiary/aromatic N) is 5. The van der Waals surface area contributed by atoms with E-state index in [9.17, 15) is 0 Å². The molecule has 1 N–H and O–H groups in total. The second kappa shape index (κ2) is 5.71. The van der Waals surface area contributed by atoms with Crippen molar-refractivity contribution in [3.8, 4) is 0 Å². The van der Waals surface area contributed by atoms with Crippen LogP contribution < -0.4 is 15.1 Å². The minimum absolute atomic E-state index is 0.873. The first-order valence-electron chi connectivity index (χ1n) is 7.05. The summed E-state index contributed by atoms with van der Waals surface area (Å²) in [5.41, 5.74) is 0. The number of likely N-dealkylation sites (N-methyl/N-ethyl adjacent to an activating group) is 1. The molecule has 19 heavy (non-hydrogen) atoms. The lowest BCUT2D eigenvalue weighted by Gasteiger charge is -2.34. The smallest absolute Gasteiger partial charge is 0.227 e. The number of hydrogen-bond acceptors (Lipinski definition) is 6. The Kier molecular flexibility index (Phi) is 3.79. The zero-order valence-electron chi connectivity index (χ0n) is 11.5. The Balaban J connectivity index is 1.72. The molecule has 1 aromatic heterocycles.